The van der Waals surface area contributed by atoms with Crippen molar-refractivity contribution in [2.24, 2.45) is 0 Å². The van der Waals surface area contributed by atoms with Crippen molar-refractivity contribution in [1.82, 2.24) is 9.46 Å². The number of sulfonamides is 1. The Hall–Kier alpha value is -2.91. The summed E-state index contributed by atoms with van der Waals surface area (Å²) in [4.78, 5) is 12.5. The normalized spacial score (nSPS) is 15.1. The minimum atomic E-state index is -3.55. The Balaban J connectivity index is 1.52. The van der Waals surface area contributed by atoms with E-state index in [0.29, 0.717) is 30.3 Å². The van der Waals surface area contributed by atoms with Gasteiger partial charge in [-0.2, -0.15) is 4.31 Å². The van der Waals surface area contributed by atoms with Crippen molar-refractivity contribution in [3.05, 3.63) is 54.4 Å². The molecule has 0 atom stereocenters. The largest absolute Gasteiger partial charge is 0.461 e. The second kappa shape index (κ2) is 7.01. The number of amides is 1. The number of furan rings is 1. The second-order valence-electron chi connectivity index (χ2n) is 6.15. The molecule has 1 aliphatic rings. The third kappa shape index (κ3) is 3.51. The average molecular weight is 387 g/mol. The van der Waals surface area contributed by atoms with Gasteiger partial charge in [0.15, 0.2) is 11.5 Å². The van der Waals surface area contributed by atoms with Crippen molar-refractivity contribution >= 4 is 21.6 Å². The Morgan fingerprint density at radius 1 is 1.07 bits per heavy atom. The fraction of sp³-hybridized carbons (Fsp3) is 0.222. The van der Waals surface area contributed by atoms with Crippen molar-refractivity contribution in [2.75, 3.05) is 18.4 Å². The molecule has 0 bridgehead atoms. The SMILES string of the molecule is O=C(Nc1cccc(S(=O)(=O)N2CCCC2)c1)c1cc(-c2ccco2)on1. The third-order valence-corrected chi connectivity index (χ3v) is 6.20. The first kappa shape index (κ1) is 17.5. The topological polar surface area (TPSA) is 106 Å². The van der Waals surface area contributed by atoms with Crippen LogP contribution < -0.4 is 5.32 Å². The molecule has 27 heavy (non-hydrogen) atoms. The van der Waals surface area contributed by atoms with Crippen LogP contribution in [0.5, 0.6) is 0 Å². The lowest BCUT2D eigenvalue weighted by Crippen LogP contribution is -2.27. The van der Waals surface area contributed by atoms with Crippen LogP contribution in [0.3, 0.4) is 0 Å². The van der Waals surface area contributed by atoms with Crippen LogP contribution in [0.1, 0.15) is 23.3 Å². The fourth-order valence-corrected chi connectivity index (χ4v) is 4.49. The lowest BCUT2D eigenvalue weighted by Gasteiger charge is -2.16. The van der Waals surface area contributed by atoms with Crippen LogP contribution in [-0.2, 0) is 10.0 Å². The average Bonchev–Trinajstić information content (AvgIpc) is 3.44. The first-order valence-corrected chi connectivity index (χ1v) is 9.90. The third-order valence-electron chi connectivity index (χ3n) is 4.30. The summed E-state index contributed by atoms with van der Waals surface area (Å²) >= 11 is 0. The molecule has 1 amide bonds. The summed E-state index contributed by atoms with van der Waals surface area (Å²) in [6.45, 7) is 1.04. The van der Waals surface area contributed by atoms with E-state index in [2.05, 4.69) is 10.5 Å². The number of rotatable bonds is 5. The van der Waals surface area contributed by atoms with E-state index >= 15 is 0 Å². The van der Waals surface area contributed by atoms with Gasteiger partial charge < -0.3 is 14.3 Å². The van der Waals surface area contributed by atoms with Crippen LogP contribution in [0.4, 0.5) is 5.69 Å². The minimum absolute atomic E-state index is 0.0641. The molecular weight excluding hydrogens is 370 g/mol. The summed E-state index contributed by atoms with van der Waals surface area (Å²) in [6.07, 6.45) is 3.21. The quantitative estimate of drug-likeness (QED) is 0.721. The van der Waals surface area contributed by atoms with Crippen LogP contribution in [0.15, 0.2) is 62.6 Å². The van der Waals surface area contributed by atoms with Gasteiger partial charge >= 0.3 is 0 Å². The Morgan fingerprint density at radius 3 is 2.63 bits per heavy atom. The van der Waals surface area contributed by atoms with Crippen molar-refractivity contribution < 1.29 is 22.2 Å². The molecule has 3 heterocycles. The van der Waals surface area contributed by atoms with Crippen molar-refractivity contribution in [3.8, 4) is 11.5 Å². The van der Waals surface area contributed by atoms with E-state index in [1.54, 1.807) is 24.3 Å². The number of hydrogen-bond acceptors (Lipinski definition) is 6. The summed E-state index contributed by atoms with van der Waals surface area (Å²) in [5.74, 6) is 0.281. The van der Waals surface area contributed by atoms with Crippen LogP contribution in [0.2, 0.25) is 0 Å². The number of nitrogens with one attached hydrogen (secondary N) is 1. The van der Waals surface area contributed by atoms with Gasteiger partial charge in [-0.05, 0) is 43.2 Å². The van der Waals surface area contributed by atoms with Gasteiger partial charge in [0, 0.05) is 24.8 Å². The molecule has 140 valence electrons. The first-order valence-electron chi connectivity index (χ1n) is 8.46. The summed E-state index contributed by atoms with van der Waals surface area (Å²) in [5, 5.41) is 6.37. The van der Waals surface area contributed by atoms with Gasteiger partial charge in [0.05, 0.1) is 11.2 Å². The van der Waals surface area contributed by atoms with Crippen LogP contribution in [0.25, 0.3) is 11.5 Å². The summed E-state index contributed by atoms with van der Waals surface area (Å²) < 4.78 is 37.1. The number of carbonyl (C=O) groups is 1. The van der Waals surface area contributed by atoms with Crippen molar-refractivity contribution in [3.63, 3.8) is 0 Å². The molecule has 0 radical (unpaired) electrons. The molecule has 1 aliphatic heterocycles. The van der Waals surface area contributed by atoms with Gasteiger partial charge in [0.25, 0.3) is 5.91 Å². The standard InChI is InChI=1S/C18H17N3O5S/c22-18(15-12-17(26-20-15)16-7-4-10-25-16)19-13-5-3-6-14(11-13)27(23,24)21-8-1-2-9-21/h3-7,10-12H,1-2,8-9H2,(H,19,22). The van der Waals surface area contributed by atoms with E-state index in [-0.39, 0.29) is 10.6 Å². The molecule has 0 spiro atoms. The van der Waals surface area contributed by atoms with Gasteiger partial charge in [-0.3, -0.25) is 4.79 Å². The molecule has 1 N–H and O–H groups in total. The maximum absolute atomic E-state index is 12.7. The van der Waals surface area contributed by atoms with Gasteiger partial charge in [0.2, 0.25) is 15.8 Å². The lowest BCUT2D eigenvalue weighted by molar-refractivity contribution is 0.101. The molecule has 8 nitrogen and oxygen atoms in total. The molecule has 2 aromatic heterocycles. The van der Waals surface area contributed by atoms with Crippen molar-refractivity contribution in [2.45, 2.75) is 17.7 Å². The molecule has 0 saturated carbocycles. The zero-order chi connectivity index (χ0) is 18.9. The monoisotopic (exact) mass is 387 g/mol. The zero-order valence-corrected chi connectivity index (χ0v) is 15.1. The molecule has 1 saturated heterocycles. The van der Waals surface area contributed by atoms with Gasteiger partial charge in [0.1, 0.15) is 0 Å². The highest BCUT2D eigenvalue weighted by molar-refractivity contribution is 7.89. The van der Waals surface area contributed by atoms with E-state index < -0.39 is 15.9 Å². The number of benzene rings is 1. The van der Waals surface area contributed by atoms with E-state index in [0.717, 1.165) is 12.8 Å². The summed E-state index contributed by atoms with van der Waals surface area (Å²) in [6, 6.07) is 11.0. The molecule has 0 aliphatic carbocycles. The zero-order valence-electron chi connectivity index (χ0n) is 14.3. The smallest absolute Gasteiger partial charge is 0.277 e. The van der Waals surface area contributed by atoms with Gasteiger partial charge in [-0.25, -0.2) is 8.42 Å². The Bertz CT molecular complexity index is 1050. The predicted octanol–water partition coefficient (Wildman–Crippen LogP) is 2.97. The van der Waals surface area contributed by atoms with Crippen LogP contribution in [0, 0.1) is 0 Å². The molecule has 9 heteroatoms. The Morgan fingerprint density at radius 2 is 1.89 bits per heavy atom. The summed E-state index contributed by atoms with van der Waals surface area (Å²) in [7, 11) is -3.55. The van der Waals surface area contributed by atoms with E-state index in [1.165, 1.54) is 28.8 Å². The molecular formula is C18H17N3O5S. The maximum Gasteiger partial charge on any atom is 0.277 e. The molecule has 3 aromatic rings. The van der Waals surface area contributed by atoms with E-state index in [9.17, 15) is 13.2 Å². The van der Waals surface area contributed by atoms with Crippen LogP contribution >= 0.6 is 0 Å². The Kier molecular flexibility index (Phi) is 4.54. The number of carbonyl (C=O) groups excluding carboxylic acids is 1. The second-order valence-corrected chi connectivity index (χ2v) is 8.08. The molecule has 4 rings (SSSR count). The fourth-order valence-electron chi connectivity index (χ4n) is 2.92. The van der Waals surface area contributed by atoms with E-state index in [1.807, 2.05) is 0 Å². The molecule has 1 fully saturated rings. The molecule has 1 aromatic carbocycles. The lowest BCUT2D eigenvalue weighted by atomic mass is 10.3. The Labute approximate surface area is 155 Å². The first-order chi connectivity index (χ1) is 13.0. The molecule has 0 unspecified atom stereocenters. The van der Waals surface area contributed by atoms with Gasteiger partial charge in [-0.1, -0.05) is 11.2 Å². The highest BCUT2D eigenvalue weighted by Crippen LogP contribution is 2.24. The highest BCUT2D eigenvalue weighted by atomic mass is 32.2. The summed E-state index contributed by atoms with van der Waals surface area (Å²) in [5.41, 5.74) is 0.428. The highest BCUT2D eigenvalue weighted by Gasteiger charge is 2.27. The number of hydrogen-bond donors (Lipinski definition) is 1. The van der Waals surface area contributed by atoms with Gasteiger partial charge in [-0.15, -0.1) is 0 Å². The predicted molar refractivity (Wildman–Crippen MR) is 96.6 cm³/mol. The maximum atomic E-state index is 12.7. The van der Waals surface area contributed by atoms with Crippen molar-refractivity contribution in [1.29, 1.82) is 0 Å². The number of anilines is 1. The number of nitrogens with zero attached hydrogens (tertiary/aromatic N) is 2. The van der Waals surface area contributed by atoms with E-state index in [4.69, 9.17) is 8.94 Å². The number of aromatic nitrogens is 1. The minimum Gasteiger partial charge on any atom is -0.461 e. The van der Waals surface area contributed by atoms with Crippen LogP contribution in [-0.4, -0.2) is 36.9 Å².